The van der Waals surface area contributed by atoms with Gasteiger partial charge in [0.15, 0.2) is 0 Å². The van der Waals surface area contributed by atoms with Crippen molar-refractivity contribution < 1.29 is 14.6 Å². The zero-order valence-corrected chi connectivity index (χ0v) is 8.87. The molecule has 0 heterocycles. The van der Waals surface area contributed by atoms with E-state index >= 15 is 0 Å². The minimum absolute atomic E-state index is 0.225. The Morgan fingerprint density at radius 2 is 2.00 bits per heavy atom. The molecule has 4 nitrogen and oxygen atoms in total. The molecular weight excluding hydrogens is 182 g/mol. The molecule has 0 bridgehead atoms. The van der Waals surface area contributed by atoms with Crippen molar-refractivity contribution in [3.63, 3.8) is 0 Å². The first-order valence-electron chi connectivity index (χ1n) is 5.14. The number of hydrogen-bond acceptors (Lipinski definition) is 3. The Kier molecular flexibility index (Phi) is 8.57. The molecule has 0 aliphatic rings. The summed E-state index contributed by atoms with van der Waals surface area (Å²) < 4.78 is 4.88. The quantitative estimate of drug-likeness (QED) is 0.553. The molecule has 14 heavy (non-hydrogen) atoms. The number of rotatable bonds is 9. The lowest BCUT2D eigenvalue weighted by molar-refractivity contribution is -0.142. The molecule has 4 heteroatoms. The maximum absolute atomic E-state index is 10.8. The van der Waals surface area contributed by atoms with Crippen molar-refractivity contribution in [2.24, 2.45) is 11.7 Å². The van der Waals surface area contributed by atoms with Crippen molar-refractivity contribution in [1.82, 2.24) is 0 Å². The molecule has 0 aromatic carbocycles. The highest BCUT2D eigenvalue weighted by atomic mass is 16.5. The van der Waals surface area contributed by atoms with Gasteiger partial charge in [0, 0.05) is 13.7 Å². The second-order valence-corrected chi connectivity index (χ2v) is 3.45. The Hall–Kier alpha value is -0.610. The van der Waals surface area contributed by atoms with Crippen LogP contribution in [-0.4, -0.2) is 31.3 Å². The first-order valence-corrected chi connectivity index (χ1v) is 5.14. The van der Waals surface area contributed by atoms with Crippen molar-refractivity contribution >= 4 is 5.97 Å². The molecule has 0 radical (unpaired) electrons. The van der Waals surface area contributed by atoms with Gasteiger partial charge < -0.3 is 15.6 Å². The van der Waals surface area contributed by atoms with Crippen LogP contribution < -0.4 is 5.73 Å². The summed E-state index contributed by atoms with van der Waals surface area (Å²) in [7, 11) is 1.63. The summed E-state index contributed by atoms with van der Waals surface area (Å²) >= 11 is 0. The van der Waals surface area contributed by atoms with E-state index in [0.717, 1.165) is 25.7 Å². The molecule has 0 spiro atoms. The van der Waals surface area contributed by atoms with E-state index < -0.39 is 5.97 Å². The summed E-state index contributed by atoms with van der Waals surface area (Å²) in [6.07, 6.45) is 4.06. The average Bonchev–Trinajstić information content (AvgIpc) is 2.15. The number of ether oxygens (including phenoxy) is 1. The molecule has 1 unspecified atom stereocenters. The molecule has 0 aliphatic carbocycles. The maximum Gasteiger partial charge on any atom is 0.306 e. The third kappa shape index (κ3) is 6.86. The topological polar surface area (TPSA) is 72.5 Å². The summed E-state index contributed by atoms with van der Waals surface area (Å²) in [4.78, 5) is 10.8. The van der Waals surface area contributed by atoms with Crippen LogP contribution in [0.2, 0.25) is 0 Å². The van der Waals surface area contributed by atoms with Crippen LogP contribution >= 0.6 is 0 Å². The van der Waals surface area contributed by atoms with E-state index in [4.69, 9.17) is 15.6 Å². The van der Waals surface area contributed by atoms with Crippen molar-refractivity contribution in [2.45, 2.75) is 32.1 Å². The summed E-state index contributed by atoms with van der Waals surface area (Å²) in [6, 6.07) is 0. The second-order valence-electron chi connectivity index (χ2n) is 3.45. The minimum atomic E-state index is -0.696. The first-order chi connectivity index (χ1) is 6.72. The van der Waals surface area contributed by atoms with Crippen molar-refractivity contribution in [3.8, 4) is 0 Å². The standard InChI is InChI=1S/C10H21NO3/c1-14-8-4-6-9(10(12)13)5-2-3-7-11/h9H,2-8,11H2,1H3,(H,12,13). The van der Waals surface area contributed by atoms with Gasteiger partial charge >= 0.3 is 5.97 Å². The largest absolute Gasteiger partial charge is 0.481 e. The van der Waals surface area contributed by atoms with Crippen molar-refractivity contribution in [3.05, 3.63) is 0 Å². The van der Waals surface area contributed by atoms with E-state index in [0.29, 0.717) is 19.6 Å². The predicted octanol–water partition coefficient (Wildman–Crippen LogP) is 1.24. The number of carbonyl (C=O) groups is 1. The van der Waals surface area contributed by atoms with Gasteiger partial charge in [0.1, 0.15) is 0 Å². The summed E-state index contributed by atoms with van der Waals surface area (Å²) in [5.74, 6) is -0.921. The molecule has 0 fully saturated rings. The number of carboxylic acid groups (broad SMARTS) is 1. The fourth-order valence-electron chi connectivity index (χ4n) is 1.40. The van der Waals surface area contributed by atoms with Crippen LogP contribution in [0.5, 0.6) is 0 Å². The van der Waals surface area contributed by atoms with Crippen LogP contribution in [0.4, 0.5) is 0 Å². The molecule has 0 rings (SSSR count). The van der Waals surface area contributed by atoms with Crippen LogP contribution in [0.3, 0.4) is 0 Å². The molecule has 84 valence electrons. The molecule has 3 N–H and O–H groups in total. The smallest absolute Gasteiger partial charge is 0.306 e. The average molecular weight is 203 g/mol. The van der Waals surface area contributed by atoms with E-state index in [1.165, 1.54) is 0 Å². The Morgan fingerprint density at radius 3 is 2.50 bits per heavy atom. The third-order valence-electron chi connectivity index (χ3n) is 2.26. The molecular formula is C10H21NO3. The van der Waals surface area contributed by atoms with Gasteiger partial charge in [-0.2, -0.15) is 0 Å². The van der Waals surface area contributed by atoms with Gasteiger partial charge in [0.25, 0.3) is 0 Å². The Bertz CT molecular complexity index is 140. The highest BCUT2D eigenvalue weighted by molar-refractivity contribution is 5.69. The van der Waals surface area contributed by atoms with E-state index in [9.17, 15) is 4.79 Å². The van der Waals surface area contributed by atoms with E-state index in [-0.39, 0.29) is 5.92 Å². The Balaban J connectivity index is 3.61. The van der Waals surface area contributed by atoms with Gasteiger partial charge in [0.2, 0.25) is 0 Å². The van der Waals surface area contributed by atoms with Crippen LogP contribution in [-0.2, 0) is 9.53 Å². The van der Waals surface area contributed by atoms with E-state index in [2.05, 4.69) is 0 Å². The first kappa shape index (κ1) is 13.4. The number of hydrogen-bond donors (Lipinski definition) is 2. The second kappa shape index (κ2) is 8.97. The molecule has 0 saturated carbocycles. The molecule has 1 atom stereocenters. The molecule has 0 aliphatic heterocycles. The zero-order valence-electron chi connectivity index (χ0n) is 8.87. The number of methoxy groups -OCH3 is 1. The number of unbranched alkanes of at least 4 members (excludes halogenated alkanes) is 1. The summed E-state index contributed by atoms with van der Waals surface area (Å²) in [6.45, 7) is 1.28. The fourth-order valence-corrected chi connectivity index (χ4v) is 1.40. The van der Waals surface area contributed by atoms with Gasteiger partial charge in [-0.25, -0.2) is 0 Å². The zero-order chi connectivity index (χ0) is 10.8. The van der Waals surface area contributed by atoms with Gasteiger partial charge in [-0.15, -0.1) is 0 Å². The van der Waals surface area contributed by atoms with Gasteiger partial charge in [-0.3, -0.25) is 4.79 Å². The van der Waals surface area contributed by atoms with Crippen LogP contribution in [0.25, 0.3) is 0 Å². The molecule has 0 saturated heterocycles. The third-order valence-corrected chi connectivity index (χ3v) is 2.26. The van der Waals surface area contributed by atoms with Gasteiger partial charge in [-0.05, 0) is 32.2 Å². The van der Waals surface area contributed by atoms with Crippen LogP contribution in [0, 0.1) is 5.92 Å². The number of aliphatic carboxylic acids is 1. The minimum Gasteiger partial charge on any atom is -0.481 e. The monoisotopic (exact) mass is 203 g/mol. The lowest BCUT2D eigenvalue weighted by atomic mass is 9.97. The molecule has 0 aromatic rings. The lowest BCUT2D eigenvalue weighted by Crippen LogP contribution is -2.15. The van der Waals surface area contributed by atoms with E-state index in [1.54, 1.807) is 7.11 Å². The van der Waals surface area contributed by atoms with Crippen LogP contribution in [0.1, 0.15) is 32.1 Å². The highest BCUT2D eigenvalue weighted by Crippen LogP contribution is 2.14. The van der Waals surface area contributed by atoms with Gasteiger partial charge in [0.05, 0.1) is 5.92 Å². The maximum atomic E-state index is 10.8. The normalized spacial score (nSPS) is 12.7. The summed E-state index contributed by atoms with van der Waals surface area (Å²) in [5.41, 5.74) is 5.35. The fraction of sp³-hybridized carbons (Fsp3) is 0.900. The van der Waals surface area contributed by atoms with E-state index in [1.807, 2.05) is 0 Å². The summed E-state index contributed by atoms with van der Waals surface area (Å²) in [5, 5.41) is 8.90. The van der Waals surface area contributed by atoms with Crippen molar-refractivity contribution in [1.29, 1.82) is 0 Å². The Morgan fingerprint density at radius 1 is 1.36 bits per heavy atom. The highest BCUT2D eigenvalue weighted by Gasteiger charge is 2.15. The Labute approximate surface area is 85.4 Å². The number of carboxylic acids is 1. The molecule has 0 amide bonds. The van der Waals surface area contributed by atoms with Crippen LogP contribution in [0.15, 0.2) is 0 Å². The lowest BCUT2D eigenvalue weighted by Gasteiger charge is -2.11. The van der Waals surface area contributed by atoms with Crippen molar-refractivity contribution in [2.75, 3.05) is 20.3 Å². The number of nitrogens with two attached hydrogens (primary N) is 1. The molecule has 0 aromatic heterocycles. The van der Waals surface area contributed by atoms with Gasteiger partial charge in [-0.1, -0.05) is 6.42 Å². The SMILES string of the molecule is COCCCC(CCCCN)C(=O)O. The predicted molar refractivity (Wildman–Crippen MR) is 55.1 cm³/mol.